The maximum atomic E-state index is 14.3. The minimum Gasteiger partial charge on any atom is -0.486 e. The van der Waals surface area contributed by atoms with E-state index in [1.807, 2.05) is 0 Å². The summed E-state index contributed by atoms with van der Waals surface area (Å²) in [7, 11) is -3.51. The van der Waals surface area contributed by atoms with Crippen LogP contribution >= 0.6 is 0 Å². The van der Waals surface area contributed by atoms with Gasteiger partial charge in [-0.25, -0.2) is 17.8 Å². The van der Waals surface area contributed by atoms with Gasteiger partial charge in [0, 0.05) is 11.8 Å². The maximum Gasteiger partial charge on any atom is 0.229 e. The van der Waals surface area contributed by atoms with Crippen LogP contribution in [0, 0.1) is 5.82 Å². The molecule has 1 aliphatic heterocycles. The van der Waals surface area contributed by atoms with Crippen LogP contribution in [0.5, 0.6) is 11.5 Å². The van der Waals surface area contributed by atoms with E-state index in [0.717, 1.165) is 12.5 Å². The Kier molecular flexibility index (Phi) is 5.27. The Morgan fingerprint density at radius 3 is 2.50 bits per heavy atom. The largest absolute Gasteiger partial charge is 0.486 e. The molecule has 0 radical (unpaired) electrons. The highest BCUT2D eigenvalue weighted by Gasteiger charge is 2.14. The molecule has 11 heteroatoms. The molecule has 1 aromatic heterocycles. The Labute approximate surface area is 172 Å². The van der Waals surface area contributed by atoms with Gasteiger partial charge in [0.05, 0.1) is 23.8 Å². The number of hydrogen-bond acceptors (Lipinski definition) is 8. The summed E-state index contributed by atoms with van der Waals surface area (Å²) >= 11 is 0. The molecule has 0 spiro atoms. The molecule has 156 valence electrons. The molecule has 0 aliphatic carbocycles. The van der Waals surface area contributed by atoms with E-state index in [4.69, 9.17) is 9.47 Å². The van der Waals surface area contributed by atoms with Crippen molar-refractivity contribution in [1.29, 1.82) is 0 Å². The van der Waals surface area contributed by atoms with Gasteiger partial charge in [-0.15, -0.1) is 0 Å². The molecule has 9 nitrogen and oxygen atoms in total. The summed E-state index contributed by atoms with van der Waals surface area (Å²) in [6.45, 7) is 0.948. The fraction of sp³-hybridized carbons (Fsp3) is 0.158. The highest BCUT2D eigenvalue weighted by Crippen LogP contribution is 2.33. The third-order valence-electron chi connectivity index (χ3n) is 4.02. The van der Waals surface area contributed by atoms with Crippen LogP contribution in [0.4, 0.5) is 33.2 Å². The van der Waals surface area contributed by atoms with Crippen LogP contribution in [-0.2, 0) is 10.0 Å². The predicted molar refractivity (Wildman–Crippen MR) is 111 cm³/mol. The first-order chi connectivity index (χ1) is 14.4. The molecule has 1 aliphatic rings. The van der Waals surface area contributed by atoms with Crippen molar-refractivity contribution in [3.8, 4) is 11.5 Å². The summed E-state index contributed by atoms with van der Waals surface area (Å²) < 4.78 is 50.8. The third kappa shape index (κ3) is 4.69. The monoisotopic (exact) mass is 431 g/mol. The third-order valence-corrected chi connectivity index (χ3v) is 4.61. The lowest BCUT2D eigenvalue weighted by Gasteiger charge is -2.19. The van der Waals surface area contributed by atoms with Crippen LogP contribution in [0.15, 0.2) is 48.7 Å². The fourth-order valence-electron chi connectivity index (χ4n) is 2.77. The molecule has 0 bridgehead atoms. The van der Waals surface area contributed by atoms with Gasteiger partial charge in [-0.05, 0) is 24.3 Å². The normalized spacial score (nSPS) is 12.9. The number of fused-ring (bicyclic) bond motifs is 1. The number of ether oxygens (including phenoxy) is 2. The Bertz CT molecular complexity index is 1190. The van der Waals surface area contributed by atoms with Gasteiger partial charge in [-0.1, -0.05) is 12.1 Å². The number of halogens is 1. The van der Waals surface area contributed by atoms with E-state index in [2.05, 4.69) is 25.3 Å². The Hall–Kier alpha value is -3.60. The van der Waals surface area contributed by atoms with Crippen molar-refractivity contribution in [1.82, 2.24) is 9.97 Å². The van der Waals surface area contributed by atoms with Gasteiger partial charge in [-0.2, -0.15) is 4.98 Å². The lowest BCUT2D eigenvalue weighted by atomic mass is 10.2. The van der Waals surface area contributed by atoms with Gasteiger partial charge in [0.15, 0.2) is 23.1 Å². The summed E-state index contributed by atoms with van der Waals surface area (Å²) in [4.78, 5) is 8.10. The van der Waals surface area contributed by atoms with Gasteiger partial charge in [0.25, 0.3) is 0 Å². The van der Waals surface area contributed by atoms with Crippen molar-refractivity contribution >= 4 is 38.9 Å². The highest BCUT2D eigenvalue weighted by atomic mass is 32.2. The average Bonchev–Trinajstić information content (AvgIpc) is 2.71. The van der Waals surface area contributed by atoms with Crippen molar-refractivity contribution in [3.05, 3.63) is 54.5 Å². The second kappa shape index (κ2) is 8.03. The SMILES string of the molecule is CS(=O)(=O)Nc1ccccc1Nc1nc(Nc2ccc3c(c2)OCCO3)ncc1F. The van der Waals surface area contributed by atoms with Crippen LogP contribution in [0.1, 0.15) is 0 Å². The number of hydrogen-bond donors (Lipinski definition) is 3. The van der Waals surface area contributed by atoms with Crippen molar-refractivity contribution in [2.75, 3.05) is 34.8 Å². The average molecular weight is 431 g/mol. The quantitative estimate of drug-likeness (QED) is 0.545. The summed E-state index contributed by atoms with van der Waals surface area (Å²) in [5, 5.41) is 5.79. The molecule has 0 fully saturated rings. The van der Waals surface area contributed by atoms with Crippen molar-refractivity contribution in [2.45, 2.75) is 0 Å². The van der Waals surface area contributed by atoms with Gasteiger partial charge in [0.2, 0.25) is 16.0 Å². The number of nitrogens with one attached hydrogen (secondary N) is 3. The van der Waals surface area contributed by atoms with Crippen molar-refractivity contribution in [2.24, 2.45) is 0 Å². The van der Waals surface area contributed by atoms with E-state index in [-0.39, 0.29) is 17.5 Å². The van der Waals surface area contributed by atoms with Crippen LogP contribution < -0.4 is 24.8 Å². The van der Waals surface area contributed by atoms with Crippen molar-refractivity contribution in [3.63, 3.8) is 0 Å². The lowest BCUT2D eigenvalue weighted by molar-refractivity contribution is 0.171. The molecular formula is C19H18FN5O4S. The molecule has 4 rings (SSSR count). The topological polar surface area (TPSA) is 114 Å². The molecular weight excluding hydrogens is 413 g/mol. The summed E-state index contributed by atoms with van der Waals surface area (Å²) in [5.74, 6) is 0.561. The molecule has 2 heterocycles. The van der Waals surface area contributed by atoms with Gasteiger partial charge < -0.3 is 20.1 Å². The Morgan fingerprint density at radius 2 is 1.73 bits per heavy atom. The van der Waals surface area contributed by atoms with E-state index in [0.29, 0.717) is 36.1 Å². The molecule has 0 saturated heterocycles. The van der Waals surface area contributed by atoms with Crippen molar-refractivity contribution < 1.29 is 22.3 Å². The molecule has 0 saturated carbocycles. The number of para-hydroxylation sites is 2. The molecule has 3 N–H and O–H groups in total. The number of rotatable bonds is 6. The summed E-state index contributed by atoms with van der Waals surface area (Å²) in [6.07, 6.45) is 2.05. The van der Waals surface area contributed by atoms with E-state index in [1.165, 1.54) is 0 Å². The highest BCUT2D eigenvalue weighted by molar-refractivity contribution is 7.92. The zero-order chi connectivity index (χ0) is 21.1. The standard InChI is InChI=1S/C19H18FN5O4S/c1-30(26,27)25-15-5-3-2-4-14(15)23-18-13(20)11-21-19(24-18)22-12-6-7-16-17(10-12)29-9-8-28-16/h2-7,10-11,25H,8-9H2,1H3,(H2,21,22,23,24). The van der Waals surface area contributed by atoms with E-state index in [1.54, 1.807) is 42.5 Å². The fourth-order valence-corrected chi connectivity index (χ4v) is 3.35. The molecule has 0 atom stereocenters. The van der Waals surface area contributed by atoms with Crippen LogP contribution in [0.2, 0.25) is 0 Å². The minimum atomic E-state index is -3.51. The smallest absolute Gasteiger partial charge is 0.229 e. The number of anilines is 5. The minimum absolute atomic E-state index is 0.118. The zero-order valence-electron chi connectivity index (χ0n) is 15.8. The number of benzene rings is 2. The van der Waals surface area contributed by atoms with E-state index < -0.39 is 15.8 Å². The first-order valence-corrected chi connectivity index (χ1v) is 10.8. The summed E-state index contributed by atoms with van der Waals surface area (Å²) in [5.41, 5.74) is 1.24. The molecule has 0 amide bonds. The first-order valence-electron chi connectivity index (χ1n) is 8.90. The second-order valence-corrected chi connectivity index (χ2v) is 8.17. The predicted octanol–water partition coefficient (Wildman–Crippen LogP) is 3.25. The van der Waals surface area contributed by atoms with Crippen LogP contribution in [-0.4, -0.2) is 37.9 Å². The van der Waals surface area contributed by atoms with Gasteiger partial charge in [0.1, 0.15) is 13.2 Å². The lowest BCUT2D eigenvalue weighted by Crippen LogP contribution is -2.15. The Morgan fingerprint density at radius 1 is 1.00 bits per heavy atom. The first kappa shape index (κ1) is 19.7. The molecule has 0 unspecified atom stereocenters. The zero-order valence-corrected chi connectivity index (χ0v) is 16.7. The number of sulfonamides is 1. The van der Waals surface area contributed by atoms with Crippen LogP contribution in [0.25, 0.3) is 0 Å². The summed E-state index contributed by atoms with van der Waals surface area (Å²) in [6, 6.07) is 11.7. The second-order valence-electron chi connectivity index (χ2n) is 6.42. The number of nitrogens with zero attached hydrogens (tertiary/aromatic N) is 2. The van der Waals surface area contributed by atoms with Gasteiger partial charge in [-0.3, -0.25) is 4.72 Å². The Balaban J connectivity index is 1.57. The maximum absolute atomic E-state index is 14.3. The molecule has 2 aromatic carbocycles. The van der Waals surface area contributed by atoms with Gasteiger partial charge >= 0.3 is 0 Å². The molecule has 30 heavy (non-hydrogen) atoms. The van der Waals surface area contributed by atoms with E-state index in [9.17, 15) is 12.8 Å². The van der Waals surface area contributed by atoms with Crippen LogP contribution in [0.3, 0.4) is 0 Å². The van der Waals surface area contributed by atoms with E-state index >= 15 is 0 Å². The number of aromatic nitrogens is 2. The molecule has 3 aromatic rings.